The Balaban J connectivity index is 2.26. The Hall–Kier alpha value is -1.22. The number of halogens is 1. The Kier molecular flexibility index (Phi) is 4.59. The number of nitrogens with zero attached hydrogens (tertiary/aromatic N) is 2. The van der Waals surface area contributed by atoms with Gasteiger partial charge >= 0.3 is 0 Å². The molecule has 1 N–H and O–H groups in total. The predicted molar refractivity (Wildman–Crippen MR) is 77.6 cm³/mol. The summed E-state index contributed by atoms with van der Waals surface area (Å²) in [6.07, 6.45) is 0. The molecule has 6 nitrogen and oxygen atoms in total. The van der Waals surface area contributed by atoms with Gasteiger partial charge in [-0.25, -0.2) is 18.4 Å². The van der Waals surface area contributed by atoms with Crippen molar-refractivity contribution in [2.75, 3.05) is 11.8 Å². The van der Waals surface area contributed by atoms with E-state index in [1.807, 2.05) is 0 Å². The summed E-state index contributed by atoms with van der Waals surface area (Å²) in [5.74, 6) is 0. The third kappa shape index (κ3) is 3.45. The molecule has 20 heavy (non-hydrogen) atoms. The minimum absolute atomic E-state index is 0.0637. The fourth-order valence-electron chi connectivity index (χ4n) is 1.45. The Labute approximate surface area is 125 Å². The van der Waals surface area contributed by atoms with Gasteiger partial charge in [0.15, 0.2) is 5.13 Å². The Bertz CT molecular complexity index is 715. The zero-order valence-corrected chi connectivity index (χ0v) is 13.1. The molecule has 0 amide bonds. The fraction of sp³-hybridized carbons (Fsp3) is 0.273. The first-order valence-electron chi connectivity index (χ1n) is 5.51. The summed E-state index contributed by atoms with van der Waals surface area (Å²) >= 11 is 7.04. The first-order valence-corrected chi connectivity index (χ1v) is 8.26. The Morgan fingerprint density at radius 3 is 2.80 bits per heavy atom. The summed E-state index contributed by atoms with van der Waals surface area (Å²) in [5, 5.41) is 1.91. The molecule has 0 aromatic carbocycles. The topological polar surface area (TPSA) is 81.2 Å². The van der Waals surface area contributed by atoms with Crippen LogP contribution in [0.2, 0.25) is 5.15 Å². The number of nitrogens with one attached hydrogen (secondary N) is 1. The first kappa shape index (κ1) is 15.2. The zero-order valence-electron chi connectivity index (χ0n) is 10.8. The van der Waals surface area contributed by atoms with E-state index in [-0.39, 0.29) is 15.2 Å². The molecule has 0 bridgehead atoms. The average molecular weight is 334 g/mol. The maximum atomic E-state index is 12.2. The number of pyridine rings is 1. The van der Waals surface area contributed by atoms with Crippen LogP contribution in [-0.4, -0.2) is 25.5 Å². The number of rotatable bonds is 5. The smallest absolute Gasteiger partial charge is 0.266 e. The number of thiazole rings is 1. The molecule has 2 heterocycles. The van der Waals surface area contributed by atoms with Crippen molar-refractivity contribution in [3.8, 4) is 0 Å². The second-order valence-electron chi connectivity index (χ2n) is 3.92. The Morgan fingerprint density at radius 2 is 2.15 bits per heavy atom. The van der Waals surface area contributed by atoms with E-state index in [9.17, 15) is 8.42 Å². The van der Waals surface area contributed by atoms with Crippen molar-refractivity contribution >= 4 is 38.1 Å². The van der Waals surface area contributed by atoms with Gasteiger partial charge < -0.3 is 4.74 Å². The quantitative estimate of drug-likeness (QED) is 0.850. The summed E-state index contributed by atoms with van der Waals surface area (Å²) < 4.78 is 31.7. The number of ether oxygens (including phenoxy) is 1. The standard InChI is InChI=1S/C11H12ClN3O3S2/c1-7-3-4-9(10(12)13-7)20(16,17)15-11-14-8(5-18-2)6-19-11/h3-4,6H,5H2,1-2H3,(H,14,15). The van der Waals surface area contributed by atoms with E-state index in [0.29, 0.717) is 18.0 Å². The van der Waals surface area contributed by atoms with Crippen molar-refractivity contribution < 1.29 is 13.2 Å². The van der Waals surface area contributed by atoms with Crippen LogP contribution in [0.15, 0.2) is 22.4 Å². The molecule has 0 aliphatic heterocycles. The Morgan fingerprint density at radius 1 is 1.40 bits per heavy atom. The van der Waals surface area contributed by atoms with Gasteiger partial charge in [0.1, 0.15) is 10.0 Å². The van der Waals surface area contributed by atoms with Crippen LogP contribution in [-0.2, 0) is 21.4 Å². The van der Waals surface area contributed by atoms with Gasteiger partial charge in [0.25, 0.3) is 10.0 Å². The van der Waals surface area contributed by atoms with Gasteiger partial charge in [-0.2, -0.15) is 0 Å². The highest BCUT2D eigenvalue weighted by Crippen LogP contribution is 2.24. The molecule has 2 rings (SSSR count). The third-order valence-corrected chi connectivity index (χ3v) is 5.02. The molecule has 2 aromatic heterocycles. The van der Waals surface area contributed by atoms with E-state index in [1.54, 1.807) is 25.5 Å². The lowest BCUT2D eigenvalue weighted by molar-refractivity contribution is 0.182. The molecule has 0 spiro atoms. The van der Waals surface area contributed by atoms with Crippen LogP contribution < -0.4 is 4.72 Å². The molecular weight excluding hydrogens is 322 g/mol. The third-order valence-electron chi connectivity index (χ3n) is 2.31. The summed E-state index contributed by atoms with van der Waals surface area (Å²) in [7, 11) is -2.26. The van der Waals surface area contributed by atoms with Gasteiger partial charge in [-0.1, -0.05) is 11.6 Å². The molecule has 0 saturated heterocycles. The number of sulfonamides is 1. The molecular formula is C11H12ClN3O3S2. The van der Waals surface area contributed by atoms with Crippen LogP contribution in [0, 0.1) is 6.92 Å². The predicted octanol–water partition coefficient (Wildman–Crippen LogP) is 2.45. The van der Waals surface area contributed by atoms with Crippen molar-refractivity contribution in [1.82, 2.24) is 9.97 Å². The number of anilines is 1. The van der Waals surface area contributed by atoms with Crippen LogP contribution in [0.4, 0.5) is 5.13 Å². The average Bonchev–Trinajstić information content (AvgIpc) is 2.75. The summed E-state index contributed by atoms with van der Waals surface area (Å²) in [6, 6.07) is 3.00. The minimum atomic E-state index is -3.80. The van der Waals surface area contributed by atoms with Gasteiger partial charge in [0, 0.05) is 18.2 Å². The number of aromatic nitrogens is 2. The molecule has 9 heteroatoms. The summed E-state index contributed by atoms with van der Waals surface area (Å²) in [6.45, 7) is 2.05. The number of hydrogen-bond donors (Lipinski definition) is 1. The summed E-state index contributed by atoms with van der Waals surface area (Å²) in [4.78, 5) is 7.95. The van der Waals surface area contributed by atoms with E-state index in [2.05, 4.69) is 14.7 Å². The van der Waals surface area contributed by atoms with E-state index in [1.165, 1.54) is 17.4 Å². The van der Waals surface area contributed by atoms with E-state index in [0.717, 1.165) is 0 Å². The summed E-state index contributed by atoms with van der Waals surface area (Å²) in [5.41, 5.74) is 1.30. The molecule has 0 fully saturated rings. The SMILES string of the molecule is COCc1csc(NS(=O)(=O)c2ccc(C)nc2Cl)n1. The van der Waals surface area contributed by atoms with E-state index >= 15 is 0 Å². The van der Waals surface area contributed by atoms with Crippen molar-refractivity contribution in [2.24, 2.45) is 0 Å². The molecule has 2 aromatic rings. The van der Waals surface area contributed by atoms with Gasteiger partial charge in [-0.15, -0.1) is 11.3 Å². The van der Waals surface area contributed by atoms with Crippen LogP contribution in [0.1, 0.15) is 11.4 Å². The van der Waals surface area contributed by atoms with Crippen LogP contribution in [0.5, 0.6) is 0 Å². The van der Waals surface area contributed by atoms with Crippen molar-refractivity contribution in [2.45, 2.75) is 18.4 Å². The maximum absolute atomic E-state index is 12.2. The van der Waals surface area contributed by atoms with E-state index < -0.39 is 10.0 Å². The molecule has 0 radical (unpaired) electrons. The minimum Gasteiger partial charge on any atom is -0.378 e. The normalized spacial score (nSPS) is 11.6. The van der Waals surface area contributed by atoms with Crippen LogP contribution in [0.25, 0.3) is 0 Å². The van der Waals surface area contributed by atoms with Crippen molar-refractivity contribution in [3.63, 3.8) is 0 Å². The highest BCUT2D eigenvalue weighted by atomic mass is 35.5. The lowest BCUT2D eigenvalue weighted by Crippen LogP contribution is -2.14. The highest BCUT2D eigenvalue weighted by molar-refractivity contribution is 7.93. The second-order valence-corrected chi connectivity index (χ2v) is 6.79. The first-order chi connectivity index (χ1) is 9.42. The second kappa shape index (κ2) is 6.04. The zero-order chi connectivity index (χ0) is 14.8. The largest absolute Gasteiger partial charge is 0.378 e. The highest BCUT2D eigenvalue weighted by Gasteiger charge is 2.20. The van der Waals surface area contributed by atoms with Crippen LogP contribution in [0.3, 0.4) is 0 Å². The number of methoxy groups -OCH3 is 1. The molecule has 0 aliphatic rings. The van der Waals surface area contributed by atoms with Gasteiger partial charge in [-0.3, -0.25) is 4.72 Å². The van der Waals surface area contributed by atoms with Crippen molar-refractivity contribution in [3.05, 3.63) is 34.1 Å². The van der Waals surface area contributed by atoms with E-state index in [4.69, 9.17) is 16.3 Å². The molecule has 108 valence electrons. The lowest BCUT2D eigenvalue weighted by atomic mass is 10.4. The number of aryl methyl sites for hydroxylation is 1. The van der Waals surface area contributed by atoms with Gasteiger partial charge in [0.05, 0.1) is 12.3 Å². The maximum Gasteiger partial charge on any atom is 0.266 e. The lowest BCUT2D eigenvalue weighted by Gasteiger charge is -2.06. The number of hydrogen-bond acceptors (Lipinski definition) is 6. The molecule has 0 unspecified atom stereocenters. The fourth-order valence-corrected chi connectivity index (χ4v) is 3.91. The van der Waals surface area contributed by atoms with Gasteiger partial charge in [0.2, 0.25) is 0 Å². The monoisotopic (exact) mass is 333 g/mol. The van der Waals surface area contributed by atoms with Crippen molar-refractivity contribution in [1.29, 1.82) is 0 Å². The molecule has 0 aliphatic carbocycles. The molecule has 0 saturated carbocycles. The van der Waals surface area contributed by atoms with Crippen LogP contribution >= 0.6 is 22.9 Å². The van der Waals surface area contributed by atoms with Gasteiger partial charge in [-0.05, 0) is 19.1 Å². The molecule has 0 atom stereocenters.